The third-order valence-electron chi connectivity index (χ3n) is 2.63. The molecule has 0 bridgehead atoms. The van der Waals surface area contributed by atoms with E-state index in [1.807, 2.05) is 18.2 Å². The molecule has 1 heterocycles. The summed E-state index contributed by atoms with van der Waals surface area (Å²) in [7, 11) is 1.70. The predicted molar refractivity (Wildman–Crippen MR) is 58.1 cm³/mol. The van der Waals surface area contributed by atoms with E-state index < -0.39 is 0 Å². The van der Waals surface area contributed by atoms with Gasteiger partial charge in [-0.3, -0.25) is 0 Å². The number of hydrogen-bond donors (Lipinski definition) is 1. The van der Waals surface area contributed by atoms with Gasteiger partial charge in [0.05, 0.1) is 7.11 Å². The molecule has 1 unspecified atom stereocenters. The summed E-state index contributed by atoms with van der Waals surface area (Å²) in [6.45, 7) is 1.13. The van der Waals surface area contributed by atoms with Crippen LogP contribution in [0.2, 0.25) is 5.02 Å². The maximum atomic E-state index is 5.94. The van der Waals surface area contributed by atoms with Gasteiger partial charge < -0.3 is 10.1 Å². The highest BCUT2D eigenvalue weighted by Crippen LogP contribution is 2.25. The van der Waals surface area contributed by atoms with Crippen LogP contribution in [0, 0.1) is 0 Å². The van der Waals surface area contributed by atoms with E-state index in [4.69, 9.17) is 16.3 Å². The van der Waals surface area contributed by atoms with Gasteiger partial charge in [-0.15, -0.1) is 0 Å². The molecule has 1 aromatic carbocycles. The van der Waals surface area contributed by atoms with E-state index in [1.54, 1.807) is 7.11 Å². The standard InChI is InChI=1S/C11H14ClNO/c1-14-11-3-2-9(12)6-8(11)7-10-4-5-13-10/h2-3,6,10,13H,4-5,7H2,1H3. The Morgan fingerprint density at radius 3 is 2.93 bits per heavy atom. The van der Waals surface area contributed by atoms with Gasteiger partial charge in [0.1, 0.15) is 5.75 Å². The van der Waals surface area contributed by atoms with Crippen molar-refractivity contribution in [3.63, 3.8) is 0 Å². The lowest BCUT2D eigenvalue weighted by molar-refractivity contribution is 0.358. The molecule has 0 aliphatic carbocycles. The molecule has 1 atom stereocenters. The number of benzene rings is 1. The Bertz CT molecular complexity index is 323. The van der Waals surface area contributed by atoms with Gasteiger partial charge in [0.15, 0.2) is 0 Å². The first kappa shape index (κ1) is 9.81. The molecule has 1 aromatic rings. The zero-order valence-corrected chi connectivity index (χ0v) is 8.97. The fourth-order valence-electron chi connectivity index (χ4n) is 1.69. The van der Waals surface area contributed by atoms with Crippen molar-refractivity contribution >= 4 is 11.6 Å². The van der Waals surface area contributed by atoms with Crippen LogP contribution in [-0.4, -0.2) is 19.7 Å². The van der Waals surface area contributed by atoms with Crippen molar-refractivity contribution in [1.82, 2.24) is 5.32 Å². The van der Waals surface area contributed by atoms with E-state index >= 15 is 0 Å². The summed E-state index contributed by atoms with van der Waals surface area (Å²) in [5.74, 6) is 0.933. The van der Waals surface area contributed by atoms with Crippen LogP contribution < -0.4 is 10.1 Å². The normalized spacial score (nSPS) is 20.3. The molecule has 3 heteroatoms. The number of nitrogens with one attached hydrogen (secondary N) is 1. The number of ether oxygens (including phenoxy) is 1. The first-order valence-electron chi connectivity index (χ1n) is 4.85. The van der Waals surface area contributed by atoms with Crippen LogP contribution in [0.4, 0.5) is 0 Å². The highest BCUT2D eigenvalue weighted by Gasteiger charge is 2.18. The molecule has 76 valence electrons. The molecule has 14 heavy (non-hydrogen) atoms. The van der Waals surface area contributed by atoms with Gasteiger partial charge in [-0.25, -0.2) is 0 Å². The Morgan fingerprint density at radius 1 is 1.57 bits per heavy atom. The SMILES string of the molecule is COc1ccc(Cl)cc1CC1CCN1. The number of halogens is 1. The molecule has 1 aliphatic heterocycles. The van der Waals surface area contributed by atoms with Gasteiger partial charge in [0, 0.05) is 11.1 Å². The number of methoxy groups -OCH3 is 1. The largest absolute Gasteiger partial charge is 0.496 e. The lowest BCUT2D eigenvalue weighted by atomic mass is 9.98. The van der Waals surface area contributed by atoms with Crippen LogP contribution in [0.15, 0.2) is 18.2 Å². The van der Waals surface area contributed by atoms with E-state index in [0.29, 0.717) is 6.04 Å². The van der Waals surface area contributed by atoms with Crippen molar-refractivity contribution in [3.05, 3.63) is 28.8 Å². The van der Waals surface area contributed by atoms with Crippen LogP contribution in [0.3, 0.4) is 0 Å². The fraction of sp³-hybridized carbons (Fsp3) is 0.455. The molecule has 0 amide bonds. The van der Waals surface area contributed by atoms with Crippen LogP contribution in [0.1, 0.15) is 12.0 Å². The first-order valence-corrected chi connectivity index (χ1v) is 5.23. The average Bonchev–Trinajstić information content (AvgIpc) is 2.12. The van der Waals surface area contributed by atoms with Gasteiger partial charge in [-0.1, -0.05) is 11.6 Å². The monoisotopic (exact) mass is 211 g/mol. The molecular weight excluding hydrogens is 198 g/mol. The molecule has 1 aliphatic rings. The molecule has 1 saturated heterocycles. The Hall–Kier alpha value is -0.730. The van der Waals surface area contributed by atoms with E-state index in [9.17, 15) is 0 Å². The highest BCUT2D eigenvalue weighted by atomic mass is 35.5. The molecular formula is C11H14ClNO. The second-order valence-corrected chi connectivity index (χ2v) is 4.04. The third kappa shape index (κ3) is 2.02. The second-order valence-electron chi connectivity index (χ2n) is 3.60. The molecule has 0 saturated carbocycles. The van der Waals surface area contributed by atoms with Crippen molar-refractivity contribution in [2.24, 2.45) is 0 Å². The minimum atomic E-state index is 0.599. The van der Waals surface area contributed by atoms with E-state index in [1.165, 1.54) is 12.0 Å². The molecule has 2 rings (SSSR count). The summed E-state index contributed by atoms with van der Waals surface area (Å²) in [4.78, 5) is 0. The van der Waals surface area contributed by atoms with Crippen molar-refractivity contribution < 1.29 is 4.74 Å². The average molecular weight is 212 g/mol. The fourth-order valence-corrected chi connectivity index (χ4v) is 1.89. The van der Waals surface area contributed by atoms with E-state index in [2.05, 4.69) is 5.32 Å². The van der Waals surface area contributed by atoms with Gasteiger partial charge in [0.25, 0.3) is 0 Å². The minimum Gasteiger partial charge on any atom is -0.496 e. The van der Waals surface area contributed by atoms with E-state index in [-0.39, 0.29) is 0 Å². The first-order chi connectivity index (χ1) is 6.79. The second kappa shape index (κ2) is 4.20. The van der Waals surface area contributed by atoms with Crippen molar-refractivity contribution in [1.29, 1.82) is 0 Å². The Labute approximate surface area is 89.2 Å². The lowest BCUT2D eigenvalue weighted by Gasteiger charge is -2.28. The summed E-state index contributed by atoms with van der Waals surface area (Å²) in [6, 6.07) is 6.37. The summed E-state index contributed by atoms with van der Waals surface area (Å²) < 4.78 is 5.28. The maximum Gasteiger partial charge on any atom is 0.122 e. The van der Waals surface area contributed by atoms with Gasteiger partial charge in [0.2, 0.25) is 0 Å². The summed E-state index contributed by atoms with van der Waals surface area (Å²) in [5.41, 5.74) is 1.19. The quantitative estimate of drug-likeness (QED) is 0.828. The number of rotatable bonds is 3. The van der Waals surface area contributed by atoms with Crippen LogP contribution in [-0.2, 0) is 6.42 Å². The summed E-state index contributed by atoms with van der Waals surface area (Å²) >= 11 is 5.94. The zero-order chi connectivity index (χ0) is 9.97. The molecule has 0 aromatic heterocycles. The molecule has 1 N–H and O–H groups in total. The summed E-state index contributed by atoms with van der Waals surface area (Å²) in [5, 5.41) is 4.14. The minimum absolute atomic E-state index is 0.599. The van der Waals surface area contributed by atoms with Gasteiger partial charge in [-0.2, -0.15) is 0 Å². The van der Waals surface area contributed by atoms with Crippen molar-refractivity contribution in [2.45, 2.75) is 18.9 Å². The Morgan fingerprint density at radius 2 is 2.36 bits per heavy atom. The molecule has 0 radical (unpaired) electrons. The topological polar surface area (TPSA) is 21.3 Å². The molecule has 1 fully saturated rings. The summed E-state index contributed by atoms with van der Waals surface area (Å²) in [6.07, 6.45) is 2.25. The Kier molecular flexibility index (Phi) is 2.94. The van der Waals surface area contributed by atoms with Gasteiger partial charge >= 0.3 is 0 Å². The van der Waals surface area contributed by atoms with Crippen molar-refractivity contribution in [3.8, 4) is 5.75 Å². The zero-order valence-electron chi connectivity index (χ0n) is 8.22. The smallest absolute Gasteiger partial charge is 0.122 e. The number of hydrogen-bond acceptors (Lipinski definition) is 2. The molecule has 2 nitrogen and oxygen atoms in total. The van der Waals surface area contributed by atoms with E-state index in [0.717, 1.165) is 23.7 Å². The third-order valence-corrected chi connectivity index (χ3v) is 2.87. The highest BCUT2D eigenvalue weighted by molar-refractivity contribution is 6.30. The molecule has 0 spiro atoms. The van der Waals surface area contributed by atoms with Crippen molar-refractivity contribution in [2.75, 3.05) is 13.7 Å². The van der Waals surface area contributed by atoms with Crippen LogP contribution in [0.25, 0.3) is 0 Å². The van der Waals surface area contributed by atoms with Gasteiger partial charge in [-0.05, 0) is 43.1 Å². The maximum absolute atomic E-state index is 5.94. The predicted octanol–water partition coefficient (Wildman–Crippen LogP) is 2.25. The van der Waals surface area contributed by atoms with Crippen LogP contribution >= 0.6 is 11.6 Å². The lowest BCUT2D eigenvalue weighted by Crippen LogP contribution is -2.44. The van der Waals surface area contributed by atoms with Crippen LogP contribution in [0.5, 0.6) is 5.75 Å². The Balaban J connectivity index is 2.15.